The third kappa shape index (κ3) is 3.77. The number of hydrogen-bond donors (Lipinski definition) is 1. The van der Waals surface area contributed by atoms with Crippen LogP contribution < -0.4 is 14.8 Å². The second kappa shape index (κ2) is 7.87. The zero-order valence-electron chi connectivity index (χ0n) is 15.2. The van der Waals surface area contributed by atoms with Gasteiger partial charge >= 0.3 is 0 Å². The molecule has 5 nitrogen and oxygen atoms in total. The first kappa shape index (κ1) is 17.7. The van der Waals surface area contributed by atoms with Gasteiger partial charge in [-0.15, -0.1) is 0 Å². The Kier molecular flexibility index (Phi) is 5.37. The lowest BCUT2D eigenvalue weighted by molar-refractivity contribution is -0.118. The Morgan fingerprint density at radius 1 is 1.04 bits per heavy atom. The number of rotatable bonds is 6. The fraction of sp³-hybridized carbons (Fsp3) is 0.238. The van der Waals surface area contributed by atoms with Crippen LogP contribution in [0.1, 0.15) is 18.1 Å². The molecule has 1 N–H and O–H groups in total. The van der Waals surface area contributed by atoms with Crippen molar-refractivity contribution in [1.29, 1.82) is 0 Å². The quantitative estimate of drug-likeness (QED) is 0.721. The zero-order valence-corrected chi connectivity index (χ0v) is 15.2. The number of benzene rings is 2. The summed E-state index contributed by atoms with van der Waals surface area (Å²) in [5, 5.41) is 3.73. The summed E-state index contributed by atoms with van der Waals surface area (Å²) in [5.41, 5.74) is 3.58. The van der Waals surface area contributed by atoms with Gasteiger partial charge in [0.2, 0.25) is 0 Å². The number of ether oxygens (including phenoxy) is 2. The lowest BCUT2D eigenvalue weighted by Gasteiger charge is -2.13. The normalized spacial score (nSPS) is 10.6. The molecule has 0 bridgehead atoms. The van der Waals surface area contributed by atoms with Crippen molar-refractivity contribution in [2.45, 2.75) is 20.8 Å². The van der Waals surface area contributed by atoms with Gasteiger partial charge in [-0.2, -0.15) is 0 Å². The lowest BCUT2D eigenvalue weighted by atomic mass is 10.1. The van der Waals surface area contributed by atoms with Crippen LogP contribution in [-0.4, -0.2) is 24.1 Å². The summed E-state index contributed by atoms with van der Waals surface area (Å²) in [6, 6.07) is 13.2. The van der Waals surface area contributed by atoms with Gasteiger partial charge in [0.1, 0.15) is 17.0 Å². The number of nitrogens with zero attached hydrogens (tertiary/aromatic N) is 1. The van der Waals surface area contributed by atoms with Gasteiger partial charge in [-0.25, -0.2) is 0 Å². The van der Waals surface area contributed by atoms with E-state index in [-0.39, 0.29) is 12.5 Å². The first-order chi connectivity index (χ1) is 12.6. The van der Waals surface area contributed by atoms with E-state index in [0.29, 0.717) is 18.0 Å². The Balaban J connectivity index is 1.75. The zero-order chi connectivity index (χ0) is 18.5. The van der Waals surface area contributed by atoms with Crippen LogP contribution in [0.3, 0.4) is 0 Å². The van der Waals surface area contributed by atoms with Gasteiger partial charge in [0, 0.05) is 11.6 Å². The van der Waals surface area contributed by atoms with Crippen molar-refractivity contribution in [3.05, 3.63) is 59.8 Å². The molecule has 0 aliphatic carbocycles. The molecular formula is C21H22N2O3. The van der Waals surface area contributed by atoms with E-state index in [4.69, 9.17) is 9.47 Å². The van der Waals surface area contributed by atoms with Crippen LogP contribution >= 0.6 is 0 Å². The van der Waals surface area contributed by atoms with Crippen LogP contribution in [0.2, 0.25) is 0 Å². The molecule has 0 fully saturated rings. The first-order valence-corrected chi connectivity index (χ1v) is 8.59. The summed E-state index contributed by atoms with van der Waals surface area (Å²) >= 11 is 0. The molecule has 0 spiro atoms. The Labute approximate surface area is 153 Å². The predicted octanol–water partition coefficient (Wildman–Crippen LogP) is 4.27. The number of carbonyl (C=O) groups is 1. The summed E-state index contributed by atoms with van der Waals surface area (Å²) in [5.74, 6) is 1.20. The highest BCUT2D eigenvalue weighted by atomic mass is 16.5. The number of aryl methyl sites for hydroxylation is 1. The minimum Gasteiger partial charge on any atom is -0.492 e. The average Bonchev–Trinajstić information content (AvgIpc) is 2.65. The average molecular weight is 350 g/mol. The molecule has 0 aliphatic heterocycles. The third-order valence-corrected chi connectivity index (χ3v) is 4.22. The van der Waals surface area contributed by atoms with Gasteiger partial charge in [-0.1, -0.05) is 12.1 Å². The molecule has 1 aromatic heterocycles. The van der Waals surface area contributed by atoms with E-state index in [1.807, 2.05) is 63.2 Å². The maximum atomic E-state index is 12.3. The minimum absolute atomic E-state index is 0.0563. The van der Waals surface area contributed by atoms with Crippen molar-refractivity contribution < 1.29 is 14.3 Å². The highest BCUT2D eigenvalue weighted by Crippen LogP contribution is 2.30. The standard InChI is InChI=1S/C21H22N2O3/c1-4-25-19-11-10-17(16-8-6-12-22-21(16)19)23-20(24)13-26-18-9-5-7-14(2)15(18)3/h5-12H,4,13H2,1-3H3,(H,23,24). The number of aromatic nitrogens is 1. The maximum absolute atomic E-state index is 12.3. The number of hydrogen-bond acceptors (Lipinski definition) is 4. The van der Waals surface area contributed by atoms with Gasteiger partial charge < -0.3 is 14.8 Å². The molecule has 3 rings (SSSR count). The number of carbonyl (C=O) groups excluding carboxylic acids is 1. The predicted molar refractivity (Wildman–Crippen MR) is 103 cm³/mol. The van der Waals surface area contributed by atoms with E-state index in [1.54, 1.807) is 6.20 Å². The highest BCUT2D eigenvalue weighted by Gasteiger charge is 2.11. The van der Waals surface area contributed by atoms with E-state index in [9.17, 15) is 4.79 Å². The summed E-state index contributed by atoms with van der Waals surface area (Å²) in [6.07, 6.45) is 1.71. The molecule has 0 unspecified atom stereocenters. The summed E-state index contributed by atoms with van der Waals surface area (Å²) < 4.78 is 11.3. The molecule has 0 saturated carbocycles. The van der Waals surface area contributed by atoms with E-state index in [1.165, 1.54) is 0 Å². The molecule has 0 saturated heterocycles. The van der Waals surface area contributed by atoms with Crippen molar-refractivity contribution in [3.63, 3.8) is 0 Å². The van der Waals surface area contributed by atoms with Crippen molar-refractivity contribution in [1.82, 2.24) is 4.98 Å². The molecule has 134 valence electrons. The molecule has 2 aromatic carbocycles. The molecule has 0 radical (unpaired) electrons. The number of nitrogens with one attached hydrogen (secondary N) is 1. The number of amides is 1. The molecule has 0 aliphatic rings. The number of anilines is 1. The number of fused-ring (bicyclic) bond motifs is 1. The SMILES string of the molecule is CCOc1ccc(NC(=O)COc2cccc(C)c2C)c2cccnc12. The van der Waals surface area contributed by atoms with Crippen LogP contribution in [0.5, 0.6) is 11.5 Å². The summed E-state index contributed by atoms with van der Waals surface area (Å²) in [7, 11) is 0. The Morgan fingerprint density at radius 2 is 1.88 bits per heavy atom. The van der Waals surface area contributed by atoms with Crippen molar-refractivity contribution in [2.24, 2.45) is 0 Å². The molecular weight excluding hydrogens is 328 g/mol. The van der Waals surface area contributed by atoms with E-state index in [2.05, 4.69) is 10.3 Å². The highest BCUT2D eigenvalue weighted by molar-refractivity contribution is 6.03. The fourth-order valence-corrected chi connectivity index (χ4v) is 2.74. The maximum Gasteiger partial charge on any atom is 0.262 e. The van der Waals surface area contributed by atoms with Gasteiger partial charge in [-0.05, 0) is 62.2 Å². The summed E-state index contributed by atoms with van der Waals surface area (Å²) in [4.78, 5) is 16.7. The molecule has 26 heavy (non-hydrogen) atoms. The Bertz CT molecular complexity index is 938. The first-order valence-electron chi connectivity index (χ1n) is 8.59. The van der Waals surface area contributed by atoms with E-state index < -0.39 is 0 Å². The van der Waals surface area contributed by atoms with Gasteiger partial charge in [-0.3, -0.25) is 9.78 Å². The monoisotopic (exact) mass is 350 g/mol. The molecule has 1 amide bonds. The minimum atomic E-state index is -0.222. The van der Waals surface area contributed by atoms with Crippen LogP contribution in [0.4, 0.5) is 5.69 Å². The fourth-order valence-electron chi connectivity index (χ4n) is 2.74. The topological polar surface area (TPSA) is 60.5 Å². The molecule has 1 heterocycles. The van der Waals surface area contributed by atoms with Crippen LogP contribution in [-0.2, 0) is 4.79 Å². The van der Waals surface area contributed by atoms with Crippen molar-refractivity contribution in [2.75, 3.05) is 18.5 Å². The van der Waals surface area contributed by atoms with Crippen LogP contribution in [0, 0.1) is 13.8 Å². The Morgan fingerprint density at radius 3 is 2.69 bits per heavy atom. The number of pyridine rings is 1. The van der Waals surface area contributed by atoms with Crippen LogP contribution in [0.25, 0.3) is 10.9 Å². The molecule has 0 atom stereocenters. The van der Waals surface area contributed by atoms with Gasteiger partial charge in [0.05, 0.1) is 12.3 Å². The van der Waals surface area contributed by atoms with E-state index in [0.717, 1.165) is 27.8 Å². The smallest absolute Gasteiger partial charge is 0.262 e. The second-order valence-electron chi connectivity index (χ2n) is 5.98. The lowest BCUT2D eigenvalue weighted by Crippen LogP contribution is -2.20. The van der Waals surface area contributed by atoms with Crippen molar-refractivity contribution >= 4 is 22.5 Å². The van der Waals surface area contributed by atoms with E-state index >= 15 is 0 Å². The molecule has 3 aromatic rings. The summed E-state index contributed by atoms with van der Waals surface area (Å²) in [6.45, 7) is 6.42. The third-order valence-electron chi connectivity index (χ3n) is 4.22. The largest absolute Gasteiger partial charge is 0.492 e. The second-order valence-corrected chi connectivity index (χ2v) is 5.98. The van der Waals surface area contributed by atoms with Gasteiger partial charge in [0.15, 0.2) is 6.61 Å². The van der Waals surface area contributed by atoms with Gasteiger partial charge in [0.25, 0.3) is 5.91 Å². The Hall–Kier alpha value is -3.08. The van der Waals surface area contributed by atoms with Crippen LogP contribution in [0.15, 0.2) is 48.7 Å². The molecule has 5 heteroatoms. The van der Waals surface area contributed by atoms with Crippen molar-refractivity contribution in [3.8, 4) is 11.5 Å².